The monoisotopic (exact) mass is 271 g/mol. The summed E-state index contributed by atoms with van der Waals surface area (Å²) in [5.74, 6) is -0.700. The maximum Gasteiger partial charge on any atom is 0.167 e. The fourth-order valence-corrected chi connectivity index (χ4v) is 1.81. The molecule has 0 amide bonds. The van der Waals surface area contributed by atoms with Crippen LogP contribution in [0.5, 0.6) is 5.75 Å². The van der Waals surface area contributed by atoms with Gasteiger partial charge in [0.25, 0.3) is 0 Å². The van der Waals surface area contributed by atoms with E-state index in [-0.39, 0.29) is 11.8 Å². The first-order valence-electron chi connectivity index (χ1n) is 6.89. The summed E-state index contributed by atoms with van der Waals surface area (Å²) < 4.78 is 31.7. The molecule has 0 spiro atoms. The van der Waals surface area contributed by atoms with Gasteiger partial charge in [0.2, 0.25) is 0 Å². The largest absolute Gasteiger partial charge is 0.489 e. The first-order valence-corrected chi connectivity index (χ1v) is 6.89. The van der Waals surface area contributed by atoms with Crippen LogP contribution in [-0.2, 0) is 0 Å². The second-order valence-electron chi connectivity index (χ2n) is 4.83. The number of ether oxygens (including phenoxy) is 1. The van der Waals surface area contributed by atoms with E-state index < -0.39 is 11.6 Å². The smallest absolute Gasteiger partial charge is 0.167 e. The van der Waals surface area contributed by atoms with Crippen molar-refractivity contribution in [2.45, 2.75) is 39.7 Å². The van der Waals surface area contributed by atoms with Gasteiger partial charge in [0, 0.05) is 12.1 Å². The Labute approximate surface area is 114 Å². The van der Waals surface area contributed by atoms with Crippen molar-refractivity contribution in [2.24, 2.45) is 5.92 Å². The summed E-state index contributed by atoms with van der Waals surface area (Å²) in [4.78, 5) is 0. The number of nitrogens with one attached hydrogen (secondary N) is 1. The van der Waals surface area contributed by atoms with Crippen LogP contribution in [0.4, 0.5) is 8.78 Å². The molecule has 0 fully saturated rings. The Morgan fingerprint density at radius 1 is 1.26 bits per heavy atom. The number of halogens is 2. The van der Waals surface area contributed by atoms with Crippen molar-refractivity contribution >= 4 is 0 Å². The van der Waals surface area contributed by atoms with Gasteiger partial charge in [0.1, 0.15) is 12.4 Å². The molecule has 0 heterocycles. The molecule has 0 radical (unpaired) electrons. The van der Waals surface area contributed by atoms with Crippen molar-refractivity contribution in [3.63, 3.8) is 0 Å². The minimum Gasteiger partial charge on any atom is -0.489 e. The molecule has 1 aromatic carbocycles. The molecule has 4 heteroatoms. The molecule has 1 aromatic rings. The summed E-state index contributed by atoms with van der Waals surface area (Å²) >= 11 is 0. The zero-order valence-corrected chi connectivity index (χ0v) is 11.9. The predicted octanol–water partition coefficient (Wildman–Crippen LogP) is 3.76. The Hall–Kier alpha value is -1.16. The quantitative estimate of drug-likeness (QED) is 0.777. The fraction of sp³-hybridized carbons (Fsp3) is 0.600. The number of hydrogen-bond acceptors (Lipinski definition) is 2. The van der Waals surface area contributed by atoms with E-state index in [2.05, 4.69) is 26.1 Å². The molecule has 0 saturated carbocycles. The highest BCUT2D eigenvalue weighted by atomic mass is 19.1. The SMILES string of the molecule is CCCNC(COc1ccc(F)cc1F)C(C)CC. The van der Waals surface area contributed by atoms with Crippen LogP contribution < -0.4 is 10.1 Å². The van der Waals surface area contributed by atoms with E-state index in [1.807, 2.05) is 0 Å². The third kappa shape index (κ3) is 5.15. The fourth-order valence-electron chi connectivity index (χ4n) is 1.81. The first kappa shape index (κ1) is 15.9. The zero-order chi connectivity index (χ0) is 14.3. The lowest BCUT2D eigenvalue weighted by molar-refractivity contribution is 0.213. The Morgan fingerprint density at radius 2 is 2.00 bits per heavy atom. The van der Waals surface area contributed by atoms with Gasteiger partial charge in [-0.2, -0.15) is 0 Å². The summed E-state index contributed by atoms with van der Waals surface area (Å²) in [5, 5.41) is 3.40. The van der Waals surface area contributed by atoms with Crippen LogP contribution in [0.3, 0.4) is 0 Å². The molecule has 19 heavy (non-hydrogen) atoms. The summed E-state index contributed by atoms with van der Waals surface area (Å²) in [6.07, 6.45) is 2.06. The maximum absolute atomic E-state index is 13.5. The van der Waals surface area contributed by atoms with Crippen molar-refractivity contribution in [1.82, 2.24) is 5.32 Å². The first-order chi connectivity index (χ1) is 9.08. The van der Waals surface area contributed by atoms with Crippen LogP contribution in [0.2, 0.25) is 0 Å². The minimum atomic E-state index is -0.654. The van der Waals surface area contributed by atoms with Crippen LogP contribution in [0.1, 0.15) is 33.6 Å². The Bertz CT molecular complexity index is 384. The molecule has 0 bridgehead atoms. The number of hydrogen-bond donors (Lipinski definition) is 1. The predicted molar refractivity (Wildman–Crippen MR) is 73.4 cm³/mol. The molecule has 1 rings (SSSR count). The Morgan fingerprint density at radius 3 is 2.58 bits per heavy atom. The molecular formula is C15H23F2NO. The van der Waals surface area contributed by atoms with Crippen LogP contribution >= 0.6 is 0 Å². The third-order valence-electron chi connectivity index (χ3n) is 3.30. The number of benzene rings is 1. The molecule has 2 nitrogen and oxygen atoms in total. The lowest BCUT2D eigenvalue weighted by Gasteiger charge is -2.24. The molecule has 2 unspecified atom stereocenters. The van der Waals surface area contributed by atoms with Crippen LogP contribution in [0.25, 0.3) is 0 Å². The average Bonchev–Trinajstić information content (AvgIpc) is 2.40. The summed E-state index contributed by atoms with van der Waals surface area (Å²) in [5.41, 5.74) is 0. The highest BCUT2D eigenvalue weighted by Gasteiger charge is 2.16. The maximum atomic E-state index is 13.5. The van der Waals surface area contributed by atoms with Crippen molar-refractivity contribution in [1.29, 1.82) is 0 Å². The van der Waals surface area contributed by atoms with Crippen molar-refractivity contribution in [3.05, 3.63) is 29.8 Å². The lowest BCUT2D eigenvalue weighted by atomic mass is 10.00. The topological polar surface area (TPSA) is 21.3 Å². The van der Waals surface area contributed by atoms with Crippen LogP contribution in [-0.4, -0.2) is 19.2 Å². The minimum absolute atomic E-state index is 0.105. The van der Waals surface area contributed by atoms with Gasteiger partial charge < -0.3 is 10.1 Å². The molecule has 0 saturated heterocycles. The van der Waals surface area contributed by atoms with Gasteiger partial charge in [-0.25, -0.2) is 8.78 Å². The molecule has 108 valence electrons. The normalized spacial score (nSPS) is 14.2. The molecule has 2 atom stereocenters. The molecule has 0 aliphatic carbocycles. The lowest BCUT2D eigenvalue weighted by Crippen LogP contribution is -2.40. The highest BCUT2D eigenvalue weighted by molar-refractivity contribution is 5.24. The van der Waals surface area contributed by atoms with E-state index in [9.17, 15) is 8.78 Å². The van der Waals surface area contributed by atoms with Gasteiger partial charge in [-0.1, -0.05) is 27.2 Å². The number of rotatable bonds is 8. The van der Waals surface area contributed by atoms with E-state index in [1.54, 1.807) is 0 Å². The second-order valence-corrected chi connectivity index (χ2v) is 4.83. The summed E-state index contributed by atoms with van der Waals surface area (Å²) in [6.45, 7) is 7.64. The molecule has 0 aromatic heterocycles. The van der Waals surface area contributed by atoms with Crippen LogP contribution in [0, 0.1) is 17.6 Å². The van der Waals surface area contributed by atoms with Gasteiger partial charge >= 0.3 is 0 Å². The van der Waals surface area contributed by atoms with Crippen LogP contribution in [0.15, 0.2) is 18.2 Å². The second kappa shape index (κ2) is 8.10. The molecule has 0 aliphatic rings. The third-order valence-corrected chi connectivity index (χ3v) is 3.30. The van der Waals surface area contributed by atoms with Gasteiger partial charge in [0.05, 0.1) is 0 Å². The van der Waals surface area contributed by atoms with Gasteiger partial charge in [-0.3, -0.25) is 0 Å². The van der Waals surface area contributed by atoms with Gasteiger partial charge in [-0.05, 0) is 31.0 Å². The molecule has 0 aliphatic heterocycles. The molecular weight excluding hydrogens is 248 g/mol. The van der Waals surface area contributed by atoms with E-state index in [4.69, 9.17) is 4.74 Å². The van der Waals surface area contributed by atoms with E-state index >= 15 is 0 Å². The van der Waals surface area contributed by atoms with E-state index in [0.717, 1.165) is 25.5 Å². The standard InChI is InChI=1S/C15H23F2NO/c1-4-8-18-14(11(3)5-2)10-19-15-7-6-12(16)9-13(15)17/h6-7,9,11,14,18H,4-5,8,10H2,1-3H3. The Kier molecular flexibility index (Phi) is 6.78. The van der Waals surface area contributed by atoms with E-state index in [1.165, 1.54) is 12.1 Å². The van der Waals surface area contributed by atoms with Gasteiger partial charge in [-0.15, -0.1) is 0 Å². The zero-order valence-electron chi connectivity index (χ0n) is 11.9. The van der Waals surface area contributed by atoms with Crippen molar-refractivity contribution in [2.75, 3.05) is 13.2 Å². The molecule has 1 N–H and O–H groups in total. The van der Waals surface area contributed by atoms with Crippen molar-refractivity contribution in [3.8, 4) is 5.75 Å². The summed E-state index contributed by atoms with van der Waals surface area (Å²) in [6, 6.07) is 3.55. The average molecular weight is 271 g/mol. The van der Waals surface area contributed by atoms with Crippen molar-refractivity contribution < 1.29 is 13.5 Å². The van der Waals surface area contributed by atoms with Gasteiger partial charge in [0.15, 0.2) is 11.6 Å². The van der Waals surface area contributed by atoms with E-state index in [0.29, 0.717) is 12.5 Å². The summed E-state index contributed by atoms with van der Waals surface area (Å²) in [7, 11) is 0. The highest BCUT2D eigenvalue weighted by Crippen LogP contribution is 2.19. The Balaban J connectivity index is 2.59.